The first kappa shape index (κ1) is 25.9. The number of rotatable bonds is 6. The molecule has 2 atom stereocenters. The van der Waals surface area contributed by atoms with E-state index in [4.69, 9.17) is 4.74 Å². The van der Waals surface area contributed by atoms with Crippen molar-refractivity contribution in [1.82, 2.24) is 19.5 Å². The van der Waals surface area contributed by atoms with Crippen LogP contribution in [0.1, 0.15) is 12.0 Å². The van der Waals surface area contributed by atoms with Crippen molar-refractivity contribution < 1.29 is 31.4 Å². The Bertz CT molecular complexity index is 1540. The SMILES string of the molecule is COc1cc(-c2ccc(S(=O)(=O)N3CC[C@@H](Nc4ccc(C(F)(F)F)cn4)[C@@H](O)C3)cc2)cc2cn[nH]c12. The maximum atomic E-state index is 13.3. The standard InChI is InChI=1S/C25H24F3N5O4S/c1-37-22-11-16(10-17-12-30-32-24(17)22)15-2-5-19(6-3-15)38(35,36)33-9-8-20(21(34)14-33)31-23-7-4-18(13-29-23)25(26,27)28/h2-7,10-13,20-21,34H,8-9,14H2,1H3,(H,29,31)(H,30,32)/t20-,21+/m1/s1. The number of piperidine rings is 1. The number of aromatic amines is 1. The molecule has 0 saturated carbocycles. The summed E-state index contributed by atoms with van der Waals surface area (Å²) in [6.45, 7) is -0.0510. The van der Waals surface area contributed by atoms with Gasteiger partial charge in [0.25, 0.3) is 0 Å². The molecule has 38 heavy (non-hydrogen) atoms. The minimum absolute atomic E-state index is 0.0839. The van der Waals surface area contributed by atoms with Crippen LogP contribution in [0.25, 0.3) is 22.0 Å². The van der Waals surface area contributed by atoms with Crippen molar-refractivity contribution in [2.45, 2.75) is 29.6 Å². The topological polar surface area (TPSA) is 120 Å². The highest BCUT2D eigenvalue weighted by Gasteiger charge is 2.35. The summed E-state index contributed by atoms with van der Waals surface area (Å²) in [6, 6.07) is 11.7. The number of halogens is 3. The molecule has 200 valence electrons. The van der Waals surface area contributed by atoms with Crippen molar-refractivity contribution in [2.24, 2.45) is 0 Å². The molecule has 2 aromatic heterocycles. The van der Waals surface area contributed by atoms with E-state index >= 15 is 0 Å². The first-order chi connectivity index (χ1) is 18.1. The van der Waals surface area contributed by atoms with Crippen LogP contribution in [-0.4, -0.2) is 65.4 Å². The zero-order valence-electron chi connectivity index (χ0n) is 20.1. The molecule has 5 rings (SSSR count). The number of anilines is 1. The second kappa shape index (κ2) is 9.89. The van der Waals surface area contributed by atoms with Gasteiger partial charge < -0.3 is 15.2 Å². The van der Waals surface area contributed by atoms with Crippen molar-refractivity contribution in [3.63, 3.8) is 0 Å². The molecule has 4 aromatic rings. The van der Waals surface area contributed by atoms with Gasteiger partial charge in [0.15, 0.2) is 0 Å². The van der Waals surface area contributed by atoms with Crippen LogP contribution in [-0.2, 0) is 16.2 Å². The number of benzene rings is 2. The Balaban J connectivity index is 1.27. The van der Waals surface area contributed by atoms with Crippen LogP contribution in [0.3, 0.4) is 0 Å². The molecule has 2 aromatic carbocycles. The third-order valence-electron chi connectivity index (χ3n) is 6.53. The van der Waals surface area contributed by atoms with Crippen LogP contribution in [0.5, 0.6) is 5.75 Å². The molecule has 0 bridgehead atoms. The van der Waals surface area contributed by atoms with Gasteiger partial charge in [-0.2, -0.15) is 22.6 Å². The number of hydrogen-bond acceptors (Lipinski definition) is 7. The number of aliphatic hydroxyl groups is 1. The third kappa shape index (κ3) is 5.04. The molecule has 1 aliphatic rings. The quantitative estimate of drug-likeness (QED) is 0.335. The van der Waals surface area contributed by atoms with Crippen molar-refractivity contribution in [3.8, 4) is 16.9 Å². The molecular weight excluding hydrogens is 523 g/mol. The maximum Gasteiger partial charge on any atom is 0.417 e. The normalized spacial score (nSPS) is 19.0. The van der Waals surface area contributed by atoms with Crippen LogP contribution < -0.4 is 10.1 Å². The van der Waals surface area contributed by atoms with Crippen LogP contribution in [0, 0.1) is 0 Å². The molecular formula is C25H24F3N5O4S. The Kier molecular flexibility index (Phi) is 6.75. The highest BCUT2D eigenvalue weighted by Crippen LogP contribution is 2.33. The van der Waals surface area contributed by atoms with Gasteiger partial charge in [-0.3, -0.25) is 5.10 Å². The lowest BCUT2D eigenvalue weighted by Gasteiger charge is -2.35. The number of fused-ring (bicyclic) bond motifs is 1. The Labute approximate surface area is 216 Å². The van der Waals surface area contributed by atoms with E-state index < -0.39 is 33.9 Å². The summed E-state index contributed by atoms with van der Waals surface area (Å²) >= 11 is 0. The number of hydrogen-bond donors (Lipinski definition) is 3. The van der Waals surface area contributed by atoms with Gasteiger partial charge >= 0.3 is 6.18 Å². The molecule has 9 nitrogen and oxygen atoms in total. The van der Waals surface area contributed by atoms with Gasteiger partial charge in [0, 0.05) is 24.7 Å². The van der Waals surface area contributed by atoms with E-state index in [1.165, 1.54) is 22.5 Å². The molecule has 13 heteroatoms. The number of β-amino-alcohol motifs (C(OH)–C–C–N with tert-alkyl or cyclic N) is 1. The van der Waals surface area contributed by atoms with E-state index in [9.17, 15) is 26.7 Å². The van der Waals surface area contributed by atoms with Gasteiger partial charge in [-0.1, -0.05) is 12.1 Å². The average Bonchev–Trinajstić information content (AvgIpc) is 3.38. The van der Waals surface area contributed by atoms with Crippen LogP contribution in [0.2, 0.25) is 0 Å². The summed E-state index contributed by atoms with van der Waals surface area (Å²) < 4.78 is 71.4. The number of pyridine rings is 1. The number of aromatic nitrogens is 3. The molecule has 1 aliphatic heterocycles. The fourth-order valence-electron chi connectivity index (χ4n) is 4.45. The minimum atomic E-state index is -4.50. The number of sulfonamides is 1. The van der Waals surface area contributed by atoms with E-state index in [2.05, 4.69) is 20.5 Å². The van der Waals surface area contributed by atoms with Gasteiger partial charge in [-0.15, -0.1) is 0 Å². The first-order valence-electron chi connectivity index (χ1n) is 11.7. The summed E-state index contributed by atoms with van der Waals surface area (Å²) in [4.78, 5) is 3.84. The van der Waals surface area contributed by atoms with Gasteiger partial charge in [-0.05, 0) is 53.9 Å². The van der Waals surface area contributed by atoms with Gasteiger partial charge in [-0.25, -0.2) is 13.4 Å². The molecule has 1 fully saturated rings. The molecule has 0 spiro atoms. The van der Waals surface area contributed by atoms with Crippen molar-refractivity contribution >= 4 is 26.7 Å². The van der Waals surface area contributed by atoms with Gasteiger partial charge in [0.05, 0.1) is 35.9 Å². The second-order valence-electron chi connectivity index (χ2n) is 8.94. The molecule has 3 N–H and O–H groups in total. The predicted octanol–water partition coefficient (Wildman–Crippen LogP) is 3.89. The lowest BCUT2D eigenvalue weighted by Crippen LogP contribution is -2.51. The highest BCUT2D eigenvalue weighted by molar-refractivity contribution is 7.89. The van der Waals surface area contributed by atoms with Gasteiger partial charge in [0.2, 0.25) is 10.0 Å². The minimum Gasteiger partial charge on any atom is -0.494 e. The third-order valence-corrected chi connectivity index (χ3v) is 8.41. The number of H-pyrrole nitrogens is 1. The summed E-state index contributed by atoms with van der Waals surface area (Å²) in [5.74, 6) is 0.780. The molecule has 0 amide bonds. The van der Waals surface area contributed by atoms with Crippen molar-refractivity contribution in [3.05, 3.63) is 66.5 Å². The van der Waals surface area contributed by atoms with Gasteiger partial charge in [0.1, 0.15) is 17.1 Å². The average molecular weight is 548 g/mol. The van der Waals surface area contributed by atoms with E-state index in [1.807, 2.05) is 12.1 Å². The predicted molar refractivity (Wildman–Crippen MR) is 134 cm³/mol. The van der Waals surface area contributed by atoms with E-state index in [-0.39, 0.29) is 30.2 Å². The van der Waals surface area contributed by atoms with Crippen LogP contribution in [0.4, 0.5) is 19.0 Å². The summed E-state index contributed by atoms with van der Waals surface area (Å²) in [5.41, 5.74) is 1.51. The Morgan fingerprint density at radius 3 is 2.50 bits per heavy atom. The summed E-state index contributed by atoms with van der Waals surface area (Å²) in [5, 5.41) is 21.3. The monoisotopic (exact) mass is 547 g/mol. The summed E-state index contributed by atoms with van der Waals surface area (Å²) in [7, 11) is -2.33. The number of ether oxygens (including phenoxy) is 1. The highest BCUT2D eigenvalue weighted by atomic mass is 32.2. The fraction of sp³-hybridized carbons (Fsp3) is 0.280. The lowest BCUT2D eigenvalue weighted by molar-refractivity contribution is -0.137. The molecule has 3 heterocycles. The Morgan fingerprint density at radius 2 is 1.87 bits per heavy atom. The van der Waals surface area contributed by atoms with E-state index in [0.29, 0.717) is 11.9 Å². The van der Waals surface area contributed by atoms with Crippen molar-refractivity contribution in [1.29, 1.82) is 0 Å². The zero-order chi connectivity index (χ0) is 27.1. The fourth-order valence-corrected chi connectivity index (χ4v) is 5.92. The Morgan fingerprint density at radius 1 is 1.11 bits per heavy atom. The number of nitrogens with zero attached hydrogens (tertiary/aromatic N) is 3. The number of nitrogens with one attached hydrogen (secondary N) is 2. The summed E-state index contributed by atoms with van der Waals surface area (Å²) in [6.07, 6.45) is -2.95. The van der Waals surface area contributed by atoms with E-state index in [0.717, 1.165) is 28.1 Å². The molecule has 1 saturated heterocycles. The largest absolute Gasteiger partial charge is 0.494 e. The van der Waals surface area contributed by atoms with Crippen LogP contribution in [0.15, 0.2) is 65.8 Å². The number of aliphatic hydroxyl groups excluding tert-OH is 1. The second-order valence-corrected chi connectivity index (χ2v) is 10.9. The number of methoxy groups -OCH3 is 1. The number of alkyl halides is 3. The van der Waals surface area contributed by atoms with Crippen molar-refractivity contribution in [2.75, 3.05) is 25.5 Å². The lowest BCUT2D eigenvalue weighted by atomic mass is 10.0. The molecule has 0 unspecified atom stereocenters. The zero-order valence-corrected chi connectivity index (χ0v) is 20.9. The van der Waals surface area contributed by atoms with E-state index in [1.54, 1.807) is 25.4 Å². The molecule has 0 radical (unpaired) electrons. The smallest absolute Gasteiger partial charge is 0.417 e. The maximum absolute atomic E-state index is 13.3. The van der Waals surface area contributed by atoms with Crippen LogP contribution >= 0.6 is 0 Å². The molecule has 0 aliphatic carbocycles. The Hall–Kier alpha value is -3.68. The first-order valence-corrected chi connectivity index (χ1v) is 13.1.